The highest BCUT2D eigenvalue weighted by Gasteiger charge is 2.07. The second-order valence-corrected chi connectivity index (χ2v) is 5.28. The summed E-state index contributed by atoms with van der Waals surface area (Å²) in [6.07, 6.45) is 2.38. The van der Waals surface area contributed by atoms with Crippen LogP contribution >= 0.6 is 15.9 Å². The van der Waals surface area contributed by atoms with Crippen LogP contribution in [0.25, 0.3) is 0 Å². The van der Waals surface area contributed by atoms with Crippen LogP contribution in [0.15, 0.2) is 28.7 Å². The average Bonchev–Trinajstić information content (AvgIpc) is 2.17. The fraction of sp³-hybridized carbons (Fsp3) is 0.538. The topological polar surface area (TPSA) is 12.0 Å². The van der Waals surface area contributed by atoms with Gasteiger partial charge in [-0.25, -0.2) is 0 Å². The van der Waals surface area contributed by atoms with Crippen molar-refractivity contribution in [1.82, 2.24) is 5.32 Å². The van der Waals surface area contributed by atoms with Crippen molar-refractivity contribution < 1.29 is 0 Å². The van der Waals surface area contributed by atoms with E-state index in [1.165, 1.54) is 16.5 Å². The average molecular weight is 270 g/mol. The SMILES string of the molecule is CNC(C)CC(C)Cc1cccc(Br)c1. The molecule has 1 nitrogen and oxygen atoms in total. The number of nitrogens with one attached hydrogen (secondary N) is 1. The van der Waals surface area contributed by atoms with E-state index in [0.717, 1.165) is 12.3 Å². The highest BCUT2D eigenvalue weighted by Crippen LogP contribution is 2.17. The van der Waals surface area contributed by atoms with Gasteiger partial charge in [0.1, 0.15) is 0 Å². The third-order valence-electron chi connectivity index (χ3n) is 2.72. The number of hydrogen-bond acceptors (Lipinski definition) is 1. The van der Waals surface area contributed by atoms with E-state index in [-0.39, 0.29) is 0 Å². The highest BCUT2D eigenvalue weighted by atomic mass is 79.9. The smallest absolute Gasteiger partial charge is 0.0177 e. The summed E-state index contributed by atoms with van der Waals surface area (Å²) in [4.78, 5) is 0. The summed E-state index contributed by atoms with van der Waals surface area (Å²) in [5.41, 5.74) is 1.42. The first-order valence-corrected chi connectivity index (χ1v) is 6.33. The molecular formula is C13H20BrN. The van der Waals surface area contributed by atoms with Crippen molar-refractivity contribution in [3.63, 3.8) is 0 Å². The molecule has 0 saturated carbocycles. The molecule has 84 valence electrons. The van der Waals surface area contributed by atoms with Gasteiger partial charge in [-0.1, -0.05) is 35.0 Å². The summed E-state index contributed by atoms with van der Waals surface area (Å²) >= 11 is 3.50. The van der Waals surface area contributed by atoms with E-state index >= 15 is 0 Å². The largest absolute Gasteiger partial charge is 0.317 e. The molecule has 1 N–H and O–H groups in total. The van der Waals surface area contributed by atoms with Crippen molar-refractivity contribution in [2.75, 3.05) is 7.05 Å². The fourth-order valence-corrected chi connectivity index (χ4v) is 2.32. The predicted molar refractivity (Wildman–Crippen MR) is 70.1 cm³/mol. The molecular weight excluding hydrogens is 250 g/mol. The Hall–Kier alpha value is -0.340. The molecule has 1 aromatic rings. The molecule has 0 aliphatic heterocycles. The highest BCUT2D eigenvalue weighted by molar-refractivity contribution is 9.10. The number of halogens is 1. The maximum Gasteiger partial charge on any atom is 0.0177 e. The van der Waals surface area contributed by atoms with Crippen LogP contribution < -0.4 is 5.32 Å². The van der Waals surface area contributed by atoms with Gasteiger partial charge in [0.2, 0.25) is 0 Å². The van der Waals surface area contributed by atoms with Crippen LogP contribution in [-0.2, 0) is 6.42 Å². The monoisotopic (exact) mass is 269 g/mol. The Morgan fingerprint density at radius 3 is 2.67 bits per heavy atom. The van der Waals surface area contributed by atoms with Crippen LogP contribution in [0.3, 0.4) is 0 Å². The first kappa shape index (κ1) is 12.7. The standard InChI is InChI=1S/C13H20BrN/c1-10(7-11(2)15-3)8-12-5-4-6-13(14)9-12/h4-6,9-11,15H,7-8H2,1-3H3. The van der Waals surface area contributed by atoms with Crippen molar-refractivity contribution in [3.8, 4) is 0 Å². The normalized spacial score (nSPS) is 14.9. The lowest BCUT2D eigenvalue weighted by Gasteiger charge is -2.16. The summed E-state index contributed by atoms with van der Waals surface area (Å²) in [7, 11) is 2.02. The Morgan fingerprint density at radius 1 is 1.33 bits per heavy atom. The maximum absolute atomic E-state index is 3.50. The quantitative estimate of drug-likeness (QED) is 0.861. The first-order chi connectivity index (χ1) is 7.11. The fourth-order valence-electron chi connectivity index (χ4n) is 1.87. The minimum atomic E-state index is 0.604. The van der Waals surface area contributed by atoms with Crippen LogP contribution in [-0.4, -0.2) is 13.1 Å². The van der Waals surface area contributed by atoms with Gasteiger partial charge in [0.15, 0.2) is 0 Å². The van der Waals surface area contributed by atoms with Crippen molar-refractivity contribution in [3.05, 3.63) is 34.3 Å². The van der Waals surface area contributed by atoms with Crippen molar-refractivity contribution in [2.45, 2.75) is 32.7 Å². The molecule has 2 heteroatoms. The molecule has 0 heterocycles. The molecule has 0 spiro atoms. The Labute approximate surface area is 101 Å². The molecule has 1 aromatic carbocycles. The molecule has 0 radical (unpaired) electrons. The minimum absolute atomic E-state index is 0.604. The zero-order chi connectivity index (χ0) is 11.3. The molecule has 2 atom stereocenters. The van der Waals surface area contributed by atoms with E-state index in [2.05, 4.69) is 59.4 Å². The third kappa shape index (κ3) is 4.80. The molecule has 0 aromatic heterocycles. The Morgan fingerprint density at radius 2 is 2.07 bits per heavy atom. The minimum Gasteiger partial charge on any atom is -0.317 e. The van der Waals surface area contributed by atoms with E-state index in [0.29, 0.717) is 6.04 Å². The third-order valence-corrected chi connectivity index (χ3v) is 3.22. The summed E-state index contributed by atoms with van der Waals surface area (Å²) in [5.74, 6) is 0.724. The molecule has 0 saturated heterocycles. The van der Waals surface area contributed by atoms with Crippen LogP contribution in [0.4, 0.5) is 0 Å². The van der Waals surface area contributed by atoms with Crippen LogP contribution in [0.2, 0.25) is 0 Å². The van der Waals surface area contributed by atoms with Gasteiger partial charge in [-0.3, -0.25) is 0 Å². The Kier molecular flexibility index (Phi) is 5.34. The summed E-state index contributed by atoms with van der Waals surface area (Å²) in [6, 6.07) is 9.19. The summed E-state index contributed by atoms with van der Waals surface area (Å²) in [5, 5.41) is 3.28. The number of hydrogen-bond donors (Lipinski definition) is 1. The van der Waals surface area contributed by atoms with E-state index in [4.69, 9.17) is 0 Å². The molecule has 0 aliphatic rings. The van der Waals surface area contributed by atoms with E-state index in [1.807, 2.05) is 7.05 Å². The van der Waals surface area contributed by atoms with Gasteiger partial charge >= 0.3 is 0 Å². The summed E-state index contributed by atoms with van der Waals surface area (Å²) in [6.45, 7) is 4.55. The Balaban J connectivity index is 2.47. The predicted octanol–water partition coefficient (Wildman–Crippen LogP) is 3.63. The van der Waals surface area contributed by atoms with Gasteiger partial charge in [0.25, 0.3) is 0 Å². The molecule has 1 rings (SSSR count). The number of benzene rings is 1. The second-order valence-electron chi connectivity index (χ2n) is 4.36. The van der Waals surface area contributed by atoms with E-state index < -0.39 is 0 Å². The van der Waals surface area contributed by atoms with Crippen LogP contribution in [0, 0.1) is 5.92 Å². The number of rotatable bonds is 5. The van der Waals surface area contributed by atoms with Crippen molar-refractivity contribution in [2.24, 2.45) is 5.92 Å². The van der Waals surface area contributed by atoms with Gasteiger partial charge in [-0.05, 0) is 50.4 Å². The first-order valence-electron chi connectivity index (χ1n) is 5.53. The van der Waals surface area contributed by atoms with Gasteiger partial charge in [0, 0.05) is 10.5 Å². The summed E-state index contributed by atoms with van der Waals surface area (Å²) < 4.78 is 1.17. The van der Waals surface area contributed by atoms with E-state index in [9.17, 15) is 0 Å². The van der Waals surface area contributed by atoms with Crippen LogP contribution in [0.5, 0.6) is 0 Å². The molecule has 15 heavy (non-hydrogen) atoms. The Bertz CT molecular complexity index is 298. The lowest BCUT2D eigenvalue weighted by molar-refractivity contribution is 0.440. The maximum atomic E-state index is 3.50. The van der Waals surface area contributed by atoms with Crippen molar-refractivity contribution in [1.29, 1.82) is 0 Å². The van der Waals surface area contributed by atoms with Crippen molar-refractivity contribution >= 4 is 15.9 Å². The lowest BCUT2D eigenvalue weighted by atomic mass is 9.95. The van der Waals surface area contributed by atoms with Gasteiger partial charge in [-0.2, -0.15) is 0 Å². The molecule has 0 aliphatic carbocycles. The zero-order valence-electron chi connectivity index (χ0n) is 9.76. The molecule has 0 amide bonds. The molecule has 0 fully saturated rings. The molecule has 0 bridgehead atoms. The molecule has 2 unspecified atom stereocenters. The van der Waals surface area contributed by atoms with E-state index in [1.54, 1.807) is 0 Å². The van der Waals surface area contributed by atoms with Gasteiger partial charge in [0.05, 0.1) is 0 Å². The lowest BCUT2D eigenvalue weighted by Crippen LogP contribution is -2.24. The van der Waals surface area contributed by atoms with Gasteiger partial charge < -0.3 is 5.32 Å². The van der Waals surface area contributed by atoms with Crippen LogP contribution in [0.1, 0.15) is 25.8 Å². The zero-order valence-corrected chi connectivity index (χ0v) is 11.3. The van der Waals surface area contributed by atoms with Gasteiger partial charge in [-0.15, -0.1) is 0 Å². The second kappa shape index (κ2) is 6.29.